The molecule has 0 fully saturated rings. The number of benzene rings is 1. The predicted molar refractivity (Wildman–Crippen MR) is 67.0 cm³/mol. The van der Waals surface area contributed by atoms with Crippen molar-refractivity contribution in [3.63, 3.8) is 0 Å². The van der Waals surface area contributed by atoms with E-state index in [1.807, 2.05) is 0 Å². The molecule has 0 saturated carbocycles. The zero-order valence-electron chi connectivity index (χ0n) is 10.2. The lowest BCUT2D eigenvalue weighted by Crippen LogP contribution is -2.24. The third-order valence-electron chi connectivity index (χ3n) is 2.70. The summed E-state index contributed by atoms with van der Waals surface area (Å²) in [5, 5.41) is 0. The molecule has 0 spiro atoms. The Labute approximate surface area is 93.7 Å². The second kappa shape index (κ2) is 5.92. The van der Waals surface area contributed by atoms with Gasteiger partial charge in [0.1, 0.15) is 0 Å². The molecule has 0 amide bonds. The zero-order chi connectivity index (χ0) is 11.3. The Morgan fingerprint density at radius 3 is 2.07 bits per heavy atom. The predicted octanol–water partition coefficient (Wildman–Crippen LogP) is 3.16. The fourth-order valence-electron chi connectivity index (χ4n) is 1.90. The maximum Gasteiger partial charge on any atom is 0.00817 e. The number of aryl methyl sites for hydroxylation is 1. The molecule has 0 aliphatic heterocycles. The van der Waals surface area contributed by atoms with Crippen LogP contribution < -0.4 is 5.73 Å². The van der Waals surface area contributed by atoms with Crippen molar-refractivity contribution in [3.8, 4) is 0 Å². The van der Waals surface area contributed by atoms with Crippen LogP contribution in [-0.4, -0.2) is 6.04 Å². The van der Waals surface area contributed by atoms with Crippen molar-refractivity contribution in [2.75, 3.05) is 0 Å². The van der Waals surface area contributed by atoms with E-state index in [4.69, 9.17) is 5.73 Å². The topological polar surface area (TPSA) is 26.0 Å². The van der Waals surface area contributed by atoms with Gasteiger partial charge in [-0.15, -0.1) is 0 Å². The van der Waals surface area contributed by atoms with Crippen LogP contribution in [0.25, 0.3) is 0 Å². The summed E-state index contributed by atoms with van der Waals surface area (Å²) < 4.78 is 0. The lowest BCUT2D eigenvalue weighted by Gasteiger charge is -2.14. The molecule has 1 nitrogen and oxygen atoms in total. The van der Waals surface area contributed by atoms with Gasteiger partial charge in [-0.25, -0.2) is 0 Å². The molecule has 1 rings (SSSR count). The maximum absolute atomic E-state index is 6.08. The molecule has 1 heteroatoms. The van der Waals surface area contributed by atoms with Gasteiger partial charge in [0.2, 0.25) is 0 Å². The molecule has 84 valence electrons. The van der Waals surface area contributed by atoms with E-state index in [1.54, 1.807) is 0 Å². The van der Waals surface area contributed by atoms with Crippen molar-refractivity contribution >= 4 is 0 Å². The Balaban J connectivity index is 2.49. The standard InChI is InChI=1S/C14H23N/c1-4-12-5-7-13(8-6-12)10-14(15)9-11(2)3/h5-8,11,14H,4,9-10,15H2,1-3H3. The van der Waals surface area contributed by atoms with Crippen LogP contribution in [0.5, 0.6) is 0 Å². The van der Waals surface area contributed by atoms with Gasteiger partial charge in [-0.2, -0.15) is 0 Å². The fourth-order valence-corrected chi connectivity index (χ4v) is 1.90. The normalized spacial score (nSPS) is 13.1. The molecule has 2 N–H and O–H groups in total. The second-order valence-electron chi connectivity index (χ2n) is 4.76. The summed E-state index contributed by atoms with van der Waals surface area (Å²) in [6.45, 7) is 6.62. The number of hydrogen-bond donors (Lipinski definition) is 1. The van der Waals surface area contributed by atoms with Crippen molar-refractivity contribution < 1.29 is 0 Å². The van der Waals surface area contributed by atoms with Crippen molar-refractivity contribution in [1.29, 1.82) is 0 Å². The molecule has 0 aromatic heterocycles. The van der Waals surface area contributed by atoms with Gasteiger partial charge in [0, 0.05) is 6.04 Å². The minimum absolute atomic E-state index is 0.303. The van der Waals surface area contributed by atoms with Gasteiger partial charge in [0.15, 0.2) is 0 Å². The summed E-state index contributed by atoms with van der Waals surface area (Å²) in [7, 11) is 0. The van der Waals surface area contributed by atoms with Gasteiger partial charge >= 0.3 is 0 Å². The van der Waals surface area contributed by atoms with Crippen LogP contribution >= 0.6 is 0 Å². The maximum atomic E-state index is 6.08. The first-order valence-corrected chi connectivity index (χ1v) is 5.95. The molecule has 1 aromatic carbocycles. The largest absolute Gasteiger partial charge is 0.327 e. The van der Waals surface area contributed by atoms with E-state index in [1.165, 1.54) is 11.1 Å². The van der Waals surface area contributed by atoms with Crippen molar-refractivity contribution in [3.05, 3.63) is 35.4 Å². The molecule has 0 radical (unpaired) electrons. The van der Waals surface area contributed by atoms with E-state index in [-0.39, 0.29) is 0 Å². The van der Waals surface area contributed by atoms with Crippen molar-refractivity contribution in [1.82, 2.24) is 0 Å². The van der Waals surface area contributed by atoms with E-state index >= 15 is 0 Å². The molecule has 1 aromatic rings. The smallest absolute Gasteiger partial charge is 0.00817 e. The summed E-state index contributed by atoms with van der Waals surface area (Å²) in [5.41, 5.74) is 8.84. The SMILES string of the molecule is CCc1ccc(CC(N)CC(C)C)cc1. The van der Waals surface area contributed by atoms with E-state index in [9.17, 15) is 0 Å². The minimum Gasteiger partial charge on any atom is -0.327 e. The van der Waals surface area contributed by atoms with Gasteiger partial charge in [-0.05, 0) is 36.3 Å². The Hall–Kier alpha value is -0.820. The molecule has 0 heterocycles. The molecule has 0 bridgehead atoms. The number of rotatable bonds is 5. The minimum atomic E-state index is 0.303. The molecule has 0 aliphatic rings. The highest BCUT2D eigenvalue weighted by atomic mass is 14.6. The molecule has 15 heavy (non-hydrogen) atoms. The Bertz CT molecular complexity index is 274. The molecule has 1 unspecified atom stereocenters. The Morgan fingerprint density at radius 2 is 1.60 bits per heavy atom. The lowest BCUT2D eigenvalue weighted by atomic mass is 9.97. The first-order chi connectivity index (χ1) is 7.11. The second-order valence-corrected chi connectivity index (χ2v) is 4.76. The number of nitrogens with two attached hydrogens (primary N) is 1. The molecule has 0 aliphatic carbocycles. The monoisotopic (exact) mass is 205 g/mol. The van der Waals surface area contributed by atoms with Gasteiger partial charge < -0.3 is 5.73 Å². The van der Waals surface area contributed by atoms with E-state index < -0.39 is 0 Å². The molecule has 0 saturated heterocycles. The molecular weight excluding hydrogens is 182 g/mol. The Kier molecular flexibility index (Phi) is 4.83. The Morgan fingerprint density at radius 1 is 1.07 bits per heavy atom. The summed E-state index contributed by atoms with van der Waals surface area (Å²) in [4.78, 5) is 0. The first kappa shape index (κ1) is 12.3. The lowest BCUT2D eigenvalue weighted by molar-refractivity contribution is 0.493. The van der Waals surface area contributed by atoms with Crippen molar-refractivity contribution in [2.24, 2.45) is 11.7 Å². The van der Waals surface area contributed by atoms with Gasteiger partial charge in [-0.1, -0.05) is 45.0 Å². The summed E-state index contributed by atoms with van der Waals surface area (Å²) in [5.74, 6) is 0.690. The zero-order valence-corrected chi connectivity index (χ0v) is 10.2. The highest BCUT2D eigenvalue weighted by Gasteiger charge is 2.06. The molecular formula is C14H23N. The van der Waals surface area contributed by atoms with Crippen LogP contribution in [0.1, 0.15) is 38.3 Å². The van der Waals surface area contributed by atoms with Crippen LogP contribution in [0.3, 0.4) is 0 Å². The third-order valence-corrected chi connectivity index (χ3v) is 2.70. The summed E-state index contributed by atoms with van der Waals surface area (Å²) in [6, 6.07) is 9.13. The van der Waals surface area contributed by atoms with Crippen LogP contribution in [0.15, 0.2) is 24.3 Å². The van der Waals surface area contributed by atoms with Crippen molar-refractivity contribution in [2.45, 2.75) is 46.1 Å². The average molecular weight is 205 g/mol. The van der Waals surface area contributed by atoms with Gasteiger partial charge in [-0.3, -0.25) is 0 Å². The van der Waals surface area contributed by atoms with Crippen LogP contribution in [-0.2, 0) is 12.8 Å². The van der Waals surface area contributed by atoms with Gasteiger partial charge in [0.05, 0.1) is 0 Å². The van der Waals surface area contributed by atoms with Crippen LogP contribution in [0, 0.1) is 5.92 Å². The third kappa shape index (κ3) is 4.48. The summed E-state index contributed by atoms with van der Waals surface area (Å²) >= 11 is 0. The average Bonchev–Trinajstić information content (AvgIpc) is 2.17. The first-order valence-electron chi connectivity index (χ1n) is 5.95. The quantitative estimate of drug-likeness (QED) is 0.785. The van der Waals surface area contributed by atoms with Crippen LogP contribution in [0.2, 0.25) is 0 Å². The van der Waals surface area contributed by atoms with E-state index in [0.29, 0.717) is 12.0 Å². The fraction of sp³-hybridized carbons (Fsp3) is 0.571. The van der Waals surface area contributed by atoms with E-state index in [2.05, 4.69) is 45.0 Å². The summed E-state index contributed by atoms with van der Waals surface area (Å²) in [6.07, 6.45) is 3.22. The highest BCUT2D eigenvalue weighted by Crippen LogP contribution is 2.10. The van der Waals surface area contributed by atoms with E-state index in [0.717, 1.165) is 19.3 Å². The number of hydrogen-bond acceptors (Lipinski definition) is 1. The highest BCUT2D eigenvalue weighted by molar-refractivity contribution is 5.23. The van der Waals surface area contributed by atoms with Gasteiger partial charge in [0.25, 0.3) is 0 Å². The molecule has 1 atom stereocenters. The van der Waals surface area contributed by atoms with Crippen LogP contribution in [0.4, 0.5) is 0 Å².